The first-order valence-corrected chi connectivity index (χ1v) is 9.40. The Balaban J connectivity index is 1.51. The van der Waals surface area contributed by atoms with Crippen LogP contribution in [-0.4, -0.2) is 49.7 Å². The zero-order chi connectivity index (χ0) is 16.8. The highest BCUT2D eigenvalue weighted by atomic mass is 16.5. The van der Waals surface area contributed by atoms with Crippen molar-refractivity contribution in [2.45, 2.75) is 44.6 Å². The molecule has 24 heavy (non-hydrogen) atoms. The van der Waals surface area contributed by atoms with Crippen LogP contribution in [0.4, 0.5) is 0 Å². The van der Waals surface area contributed by atoms with Gasteiger partial charge in [0.15, 0.2) is 0 Å². The molecule has 2 saturated heterocycles. The number of nitrogens with one attached hydrogen (secondary N) is 1. The molecule has 2 aliphatic heterocycles. The van der Waals surface area contributed by atoms with Crippen molar-refractivity contribution in [2.24, 2.45) is 5.92 Å². The zero-order valence-electron chi connectivity index (χ0n) is 14.7. The first-order chi connectivity index (χ1) is 11.8. The van der Waals surface area contributed by atoms with Crippen LogP contribution >= 0.6 is 0 Å². The van der Waals surface area contributed by atoms with E-state index in [0.717, 1.165) is 52.0 Å². The molecule has 0 saturated carbocycles. The summed E-state index contributed by atoms with van der Waals surface area (Å²) in [5, 5.41) is 3.18. The van der Waals surface area contributed by atoms with Crippen LogP contribution in [0.2, 0.25) is 0 Å². The van der Waals surface area contributed by atoms with E-state index in [9.17, 15) is 4.79 Å². The third-order valence-electron chi connectivity index (χ3n) is 5.52. The summed E-state index contributed by atoms with van der Waals surface area (Å²) in [5.74, 6) is 1.44. The van der Waals surface area contributed by atoms with Crippen LogP contribution in [0.25, 0.3) is 0 Å². The van der Waals surface area contributed by atoms with Gasteiger partial charge in [0.25, 0.3) is 0 Å². The van der Waals surface area contributed by atoms with E-state index in [1.165, 1.54) is 5.56 Å². The van der Waals surface area contributed by atoms with Crippen LogP contribution in [0, 0.1) is 5.92 Å². The maximum Gasteiger partial charge on any atom is 0.234 e. The number of hydrogen-bond donors (Lipinski definition) is 1. The Hall–Kier alpha value is -1.39. The van der Waals surface area contributed by atoms with Crippen molar-refractivity contribution < 1.29 is 9.53 Å². The third kappa shape index (κ3) is 4.58. The fourth-order valence-electron chi connectivity index (χ4n) is 4.12. The van der Waals surface area contributed by atoms with Gasteiger partial charge in [-0.1, -0.05) is 43.7 Å². The maximum absolute atomic E-state index is 12.3. The number of benzene rings is 1. The second-order valence-corrected chi connectivity index (χ2v) is 7.16. The predicted octanol–water partition coefficient (Wildman–Crippen LogP) is 2.80. The Morgan fingerprint density at radius 2 is 1.96 bits per heavy atom. The highest BCUT2D eigenvalue weighted by Gasteiger charge is 2.30. The van der Waals surface area contributed by atoms with E-state index < -0.39 is 0 Å². The first-order valence-electron chi connectivity index (χ1n) is 9.40. The van der Waals surface area contributed by atoms with Crippen LogP contribution in [0.15, 0.2) is 30.3 Å². The molecule has 0 aromatic heterocycles. The largest absolute Gasteiger partial charge is 0.381 e. The molecule has 4 nitrogen and oxygen atoms in total. The SMILES string of the molecule is CCC1CN(CC(=O)NC2CCOCC2)CCC1c1ccccc1. The lowest BCUT2D eigenvalue weighted by Crippen LogP contribution is -2.47. The Labute approximate surface area is 145 Å². The number of ether oxygens (including phenoxy) is 1. The molecule has 0 aliphatic carbocycles. The molecule has 0 spiro atoms. The third-order valence-corrected chi connectivity index (χ3v) is 5.52. The standard InChI is InChI=1S/C20H30N2O2/c1-2-16-14-22(11-8-19(16)17-6-4-3-5-7-17)15-20(23)21-18-9-12-24-13-10-18/h3-7,16,18-19H,2,8-15H2,1H3,(H,21,23). The van der Waals surface area contributed by atoms with E-state index in [4.69, 9.17) is 4.74 Å². The van der Waals surface area contributed by atoms with Gasteiger partial charge in [-0.05, 0) is 43.2 Å². The summed E-state index contributed by atoms with van der Waals surface area (Å²) in [5.41, 5.74) is 1.45. The minimum atomic E-state index is 0.176. The first kappa shape index (κ1) is 17.4. The topological polar surface area (TPSA) is 41.6 Å². The van der Waals surface area contributed by atoms with Crippen molar-refractivity contribution in [2.75, 3.05) is 32.8 Å². The number of nitrogens with zero attached hydrogens (tertiary/aromatic N) is 1. The summed E-state index contributed by atoms with van der Waals surface area (Å²) in [4.78, 5) is 14.7. The highest BCUT2D eigenvalue weighted by Crippen LogP contribution is 2.34. The second kappa shape index (κ2) is 8.63. The van der Waals surface area contributed by atoms with Gasteiger partial charge in [0.2, 0.25) is 5.91 Å². The molecule has 2 atom stereocenters. The highest BCUT2D eigenvalue weighted by molar-refractivity contribution is 5.78. The van der Waals surface area contributed by atoms with Gasteiger partial charge in [0, 0.05) is 25.8 Å². The minimum absolute atomic E-state index is 0.176. The van der Waals surface area contributed by atoms with Crippen LogP contribution in [0.5, 0.6) is 0 Å². The molecule has 2 aliphatic rings. The number of likely N-dealkylation sites (tertiary alicyclic amines) is 1. The zero-order valence-corrected chi connectivity index (χ0v) is 14.7. The summed E-state index contributed by atoms with van der Waals surface area (Å²) in [6.45, 7) is 6.38. The van der Waals surface area contributed by atoms with Crippen molar-refractivity contribution in [3.8, 4) is 0 Å². The summed E-state index contributed by atoms with van der Waals surface area (Å²) >= 11 is 0. The fourth-order valence-corrected chi connectivity index (χ4v) is 4.12. The molecule has 2 heterocycles. The Morgan fingerprint density at radius 3 is 2.67 bits per heavy atom. The average molecular weight is 330 g/mol. The van der Waals surface area contributed by atoms with E-state index in [1.54, 1.807) is 0 Å². The van der Waals surface area contributed by atoms with Crippen molar-refractivity contribution >= 4 is 5.91 Å². The molecule has 1 amide bonds. The van der Waals surface area contributed by atoms with Crippen LogP contribution in [0.3, 0.4) is 0 Å². The smallest absolute Gasteiger partial charge is 0.234 e. The molecule has 0 bridgehead atoms. The molecular formula is C20H30N2O2. The van der Waals surface area contributed by atoms with Gasteiger partial charge in [0.05, 0.1) is 6.54 Å². The number of carbonyl (C=O) groups is 1. The molecule has 0 radical (unpaired) electrons. The molecule has 3 rings (SSSR count). The summed E-state index contributed by atoms with van der Waals surface area (Å²) in [6.07, 6.45) is 4.20. The van der Waals surface area contributed by atoms with Crippen molar-refractivity contribution in [1.29, 1.82) is 0 Å². The van der Waals surface area contributed by atoms with Crippen molar-refractivity contribution in [3.63, 3.8) is 0 Å². The maximum atomic E-state index is 12.3. The van der Waals surface area contributed by atoms with E-state index in [2.05, 4.69) is 47.5 Å². The number of piperidine rings is 1. The van der Waals surface area contributed by atoms with Crippen molar-refractivity contribution in [3.05, 3.63) is 35.9 Å². The van der Waals surface area contributed by atoms with E-state index >= 15 is 0 Å². The van der Waals surface area contributed by atoms with Gasteiger partial charge in [0.1, 0.15) is 0 Å². The lowest BCUT2D eigenvalue weighted by atomic mass is 9.79. The second-order valence-electron chi connectivity index (χ2n) is 7.16. The normalized spacial score (nSPS) is 26.2. The number of rotatable bonds is 5. The average Bonchev–Trinajstić information content (AvgIpc) is 2.63. The van der Waals surface area contributed by atoms with Crippen LogP contribution in [-0.2, 0) is 9.53 Å². The quantitative estimate of drug-likeness (QED) is 0.903. The van der Waals surface area contributed by atoms with Gasteiger partial charge in [-0.25, -0.2) is 0 Å². The van der Waals surface area contributed by atoms with E-state index in [1.807, 2.05) is 0 Å². The summed E-state index contributed by atoms with van der Waals surface area (Å²) in [7, 11) is 0. The fraction of sp³-hybridized carbons (Fsp3) is 0.650. The Bertz CT molecular complexity index is 514. The molecule has 2 fully saturated rings. The summed E-state index contributed by atoms with van der Waals surface area (Å²) < 4.78 is 5.35. The van der Waals surface area contributed by atoms with Gasteiger partial charge < -0.3 is 10.1 Å². The number of amides is 1. The van der Waals surface area contributed by atoms with Gasteiger partial charge in [-0.3, -0.25) is 9.69 Å². The monoisotopic (exact) mass is 330 g/mol. The Kier molecular flexibility index (Phi) is 6.27. The van der Waals surface area contributed by atoms with E-state index in [0.29, 0.717) is 24.4 Å². The lowest BCUT2D eigenvalue weighted by Gasteiger charge is -2.38. The van der Waals surface area contributed by atoms with Crippen LogP contribution in [0.1, 0.15) is 44.1 Å². The van der Waals surface area contributed by atoms with Crippen molar-refractivity contribution in [1.82, 2.24) is 10.2 Å². The predicted molar refractivity (Wildman–Crippen MR) is 96.0 cm³/mol. The molecule has 1 aromatic carbocycles. The molecule has 4 heteroatoms. The van der Waals surface area contributed by atoms with Crippen LogP contribution < -0.4 is 5.32 Å². The molecule has 1 N–H and O–H groups in total. The molecule has 2 unspecified atom stereocenters. The molecular weight excluding hydrogens is 300 g/mol. The number of carbonyl (C=O) groups excluding carboxylic acids is 1. The van der Waals surface area contributed by atoms with E-state index in [-0.39, 0.29) is 5.91 Å². The lowest BCUT2D eigenvalue weighted by molar-refractivity contribution is -0.124. The molecule has 132 valence electrons. The van der Waals surface area contributed by atoms with Gasteiger partial charge >= 0.3 is 0 Å². The summed E-state index contributed by atoms with van der Waals surface area (Å²) in [6, 6.07) is 11.2. The minimum Gasteiger partial charge on any atom is -0.381 e. The number of hydrogen-bond acceptors (Lipinski definition) is 3. The Morgan fingerprint density at radius 1 is 1.21 bits per heavy atom. The molecule has 1 aromatic rings. The van der Waals surface area contributed by atoms with Gasteiger partial charge in [-0.2, -0.15) is 0 Å². The van der Waals surface area contributed by atoms with Gasteiger partial charge in [-0.15, -0.1) is 0 Å².